The number of carbonyl (C=O) groups excluding carboxylic acids is 1. The molecule has 2 heterocycles. The molecule has 1 aromatic carbocycles. The van der Waals surface area contributed by atoms with E-state index in [0.717, 1.165) is 0 Å². The van der Waals surface area contributed by atoms with Crippen molar-refractivity contribution in [1.29, 1.82) is 5.26 Å². The van der Waals surface area contributed by atoms with Gasteiger partial charge in [0, 0.05) is 6.08 Å². The summed E-state index contributed by atoms with van der Waals surface area (Å²) in [5.41, 5.74) is 0.303. The number of hydrogen-bond acceptors (Lipinski definition) is 4. The van der Waals surface area contributed by atoms with Crippen molar-refractivity contribution in [2.75, 3.05) is 0 Å². The molecule has 0 amide bonds. The van der Waals surface area contributed by atoms with Crippen LogP contribution in [0.15, 0.2) is 63.9 Å². The zero-order valence-corrected chi connectivity index (χ0v) is 12.6. The Bertz CT molecular complexity index is 917. The maximum Gasteiger partial charge on any atom is 0.213 e. The SMILES string of the molecule is N#C/C(=C\c1ccc(-c2ccccc2F)o1)C(=O)c1cccs1. The van der Waals surface area contributed by atoms with Crippen molar-refractivity contribution in [3.8, 4) is 17.4 Å². The molecule has 112 valence electrons. The van der Waals surface area contributed by atoms with E-state index >= 15 is 0 Å². The summed E-state index contributed by atoms with van der Waals surface area (Å²) in [6.07, 6.45) is 1.37. The number of benzene rings is 1. The number of rotatable bonds is 4. The molecule has 3 aromatic rings. The standard InChI is InChI=1S/C18H10FNO2S/c19-15-5-2-1-4-14(15)16-8-7-13(22-16)10-12(11-20)18(21)17-6-3-9-23-17/h1-10H/b12-10+. The third kappa shape index (κ3) is 3.12. The van der Waals surface area contributed by atoms with E-state index in [1.165, 1.54) is 23.5 Å². The fourth-order valence-electron chi connectivity index (χ4n) is 2.07. The van der Waals surface area contributed by atoms with Gasteiger partial charge in [-0.05, 0) is 35.7 Å². The topological polar surface area (TPSA) is 54.0 Å². The summed E-state index contributed by atoms with van der Waals surface area (Å²) in [6, 6.07) is 14.7. The molecular formula is C18H10FNO2S. The van der Waals surface area contributed by atoms with Crippen LogP contribution in [0.2, 0.25) is 0 Å². The molecule has 23 heavy (non-hydrogen) atoms. The molecular weight excluding hydrogens is 313 g/mol. The molecule has 0 saturated carbocycles. The second kappa shape index (κ2) is 6.42. The number of furan rings is 1. The lowest BCUT2D eigenvalue weighted by Crippen LogP contribution is -1.98. The molecule has 0 unspecified atom stereocenters. The molecule has 0 aliphatic carbocycles. The van der Waals surface area contributed by atoms with Crippen LogP contribution in [0.5, 0.6) is 0 Å². The van der Waals surface area contributed by atoms with Gasteiger partial charge in [-0.25, -0.2) is 4.39 Å². The van der Waals surface area contributed by atoms with Gasteiger partial charge in [-0.2, -0.15) is 5.26 Å². The summed E-state index contributed by atoms with van der Waals surface area (Å²) in [5.74, 6) is -0.0844. The number of hydrogen-bond donors (Lipinski definition) is 0. The van der Waals surface area contributed by atoms with E-state index in [4.69, 9.17) is 4.42 Å². The first kappa shape index (κ1) is 14.9. The van der Waals surface area contributed by atoms with Crippen LogP contribution in [0.4, 0.5) is 4.39 Å². The van der Waals surface area contributed by atoms with Crippen LogP contribution in [0.1, 0.15) is 15.4 Å². The Balaban J connectivity index is 1.92. The summed E-state index contributed by atoms with van der Waals surface area (Å²) in [6.45, 7) is 0. The largest absolute Gasteiger partial charge is 0.457 e. The highest BCUT2D eigenvalue weighted by Gasteiger charge is 2.14. The van der Waals surface area contributed by atoms with Gasteiger partial charge in [0.2, 0.25) is 5.78 Å². The Morgan fingerprint density at radius 3 is 2.70 bits per heavy atom. The predicted octanol–water partition coefficient (Wildman–Crippen LogP) is 4.94. The Kier molecular flexibility index (Phi) is 4.18. The van der Waals surface area contributed by atoms with E-state index < -0.39 is 5.82 Å². The van der Waals surface area contributed by atoms with Crippen LogP contribution in [0.25, 0.3) is 17.4 Å². The van der Waals surface area contributed by atoms with Crippen LogP contribution >= 0.6 is 11.3 Å². The van der Waals surface area contributed by atoms with Gasteiger partial charge in [0.15, 0.2) is 0 Å². The first-order valence-electron chi connectivity index (χ1n) is 6.74. The Hall–Kier alpha value is -2.97. The lowest BCUT2D eigenvalue weighted by atomic mass is 10.1. The van der Waals surface area contributed by atoms with Crippen molar-refractivity contribution in [3.63, 3.8) is 0 Å². The van der Waals surface area contributed by atoms with Crippen molar-refractivity contribution in [1.82, 2.24) is 0 Å². The zero-order chi connectivity index (χ0) is 16.2. The molecule has 0 bridgehead atoms. The molecule has 0 aliphatic rings. The number of ketones is 1. The highest BCUT2D eigenvalue weighted by atomic mass is 32.1. The fourth-order valence-corrected chi connectivity index (χ4v) is 2.75. The summed E-state index contributed by atoms with van der Waals surface area (Å²) < 4.78 is 19.3. The van der Waals surface area contributed by atoms with Crippen molar-refractivity contribution in [2.24, 2.45) is 0 Å². The first-order chi connectivity index (χ1) is 11.2. The van der Waals surface area contributed by atoms with Crippen molar-refractivity contribution in [3.05, 3.63) is 75.9 Å². The van der Waals surface area contributed by atoms with Gasteiger partial charge < -0.3 is 4.42 Å². The molecule has 0 atom stereocenters. The number of nitriles is 1. The minimum atomic E-state index is -0.396. The number of allylic oxidation sites excluding steroid dienone is 1. The molecule has 3 rings (SSSR count). The van der Waals surface area contributed by atoms with E-state index in [1.54, 1.807) is 47.8 Å². The normalized spacial score (nSPS) is 11.2. The van der Waals surface area contributed by atoms with Crippen LogP contribution in [-0.2, 0) is 0 Å². The molecule has 0 aliphatic heterocycles. The first-order valence-corrected chi connectivity index (χ1v) is 7.62. The summed E-state index contributed by atoms with van der Waals surface area (Å²) in [4.78, 5) is 12.7. The fraction of sp³-hybridized carbons (Fsp3) is 0. The molecule has 0 saturated heterocycles. The molecule has 0 fully saturated rings. The summed E-state index contributed by atoms with van der Waals surface area (Å²) in [5, 5.41) is 11.0. The molecule has 0 radical (unpaired) electrons. The molecule has 3 nitrogen and oxygen atoms in total. The quantitative estimate of drug-likeness (QED) is 0.388. The highest BCUT2D eigenvalue weighted by Crippen LogP contribution is 2.26. The smallest absolute Gasteiger partial charge is 0.213 e. The van der Waals surface area contributed by atoms with Crippen LogP contribution < -0.4 is 0 Å². The Morgan fingerprint density at radius 2 is 2.00 bits per heavy atom. The van der Waals surface area contributed by atoms with Crippen molar-refractivity contribution < 1.29 is 13.6 Å². The van der Waals surface area contributed by atoms with E-state index in [0.29, 0.717) is 22.0 Å². The third-order valence-electron chi connectivity index (χ3n) is 3.16. The maximum absolute atomic E-state index is 13.7. The van der Waals surface area contributed by atoms with Gasteiger partial charge in [-0.1, -0.05) is 18.2 Å². The van der Waals surface area contributed by atoms with Crippen molar-refractivity contribution >= 4 is 23.2 Å². The van der Waals surface area contributed by atoms with E-state index in [9.17, 15) is 14.4 Å². The molecule has 2 aromatic heterocycles. The second-order valence-electron chi connectivity index (χ2n) is 4.66. The van der Waals surface area contributed by atoms with Crippen LogP contribution in [-0.4, -0.2) is 5.78 Å². The number of Topliss-reactive ketones (excluding diaryl/α,β-unsaturated/α-hetero) is 1. The lowest BCUT2D eigenvalue weighted by molar-refractivity contribution is 0.104. The minimum absolute atomic E-state index is 0.0260. The van der Waals surface area contributed by atoms with Gasteiger partial charge in [0.1, 0.15) is 29.0 Å². The molecule has 0 N–H and O–H groups in total. The van der Waals surface area contributed by atoms with Crippen molar-refractivity contribution in [2.45, 2.75) is 0 Å². The minimum Gasteiger partial charge on any atom is -0.457 e. The number of halogens is 1. The number of thiophene rings is 1. The molecule has 0 spiro atoms. The molecule has 5 heteroatoms. The Labute approximate surface area is 135 Å². The summed E-state index contributed by atoms with van der Waals surface area (Å²) in [7, 11) is 0. The lowest BCUT2D eigenvalue weighted by Gasteiger charge is -1.98. The van der Waals surface area contributed by atoms with E-state index in [2.05, 4.69) is 0 Å². The van der Waals surface area contributed by atoms with Crippen LogP contribution in [0, 0.1) is 17.1 Å². The summed E-state index contributed by atoms with van der Waals surface area (Å²) >= 11 is 1.27. The second-order valence-corrected chi connectivity index (χ2v) is 5.61. The maximum atomic E-state index is 13.7. The zero-order valence-electron chi connectivity index (χ0n) is 11.8. The highest BCUT2D eigenvalue weighted by molar-refractivity contribution is 7.12. The van der Waals surface area contributed by atoms with Crippen LogP contribution in [0.3, 0.4) is 0 Å². The van der Waals surface area contributed by atoms with Gasteiger partial charge in [0.05, 0.1) is 10.4 Å². The monoisotopic (exact) mass is 323 g/mol. The predicted molar refractivity (Wildman–Crippen MR) is 86.3 cm³/mol. The van der Waals surface area contributed by atoms with E-state index in [-0.39, 0.29) is 11.4 Å². The van der Waals surface area contributed by atoms with E-state index in [1.807, 2.05) is 6.07 Å². The third-order valence-corrected chi connectivity index (χ3v) is 4.03. The average molecular weight is 323 g/mol. The average Bonchev–Trinajstić information content (AvgIpc) is 3.24. The van der Waals surface area contributed by atoms with Gasteiger partial charge >= 0.3 is 0 Å². The van der Waals surface area contributed by atoms with Gasteiger partial charge in [-0.15, -0.1) is 11.3 Å². The van der Waals surface area contributed by atoms with Gasteiger partial charge in [-0.3, -0.25) is 4.79 Å². The number of carbonyl (C=O) groups is 1. The Morgan fingerprint density at radius 1 is 1.17 bits per heavy atom. The van der Waals surface area contributed by atoms with Gasteiger partial charge in [0.25, 0.3) is 0 Å². The number of nitrogens with zero attached hydrogens (tertiary/aromatic N) is 1.